The summed E-state index contributed by atoms with van der Waals surface area (Å²) in [6.45, 7) is 3.49. The Bertz CT molecular complexity index is 867. The number of likely N-dealkylation sites (N-methyl/N-ethyl adjacent to an activating group) is 1. The fourth-order valence-electron chi connectivity index (χ4n) is 4.02. The van der Waals surface area contributed by atoms with E-state index in [0.717, 1.165) is 6.42 Å². The monoisotopic (exact) mass is 449 g/mol. The second-order valence-corrected chi connectivity index (χ2v) is 8.32. The lowest BCUT2D eigenvalue weighted by molar-refractivity contribution is -0.151. The van der Waals surface area contributed by atoms with Gasteiger partial charge in [-0.15, -0.1) is 0 Å². The summed E-state index contributed by atoms with van der Waals surface area (Å²) in [6, 6.07) is 4.82. The summed E-state index contributed by atoms with van der Waals surface area (Å²) in [5, 5.41) is 0.439. The molecule has 0 bridgehead atoms. The van der Waals surface area contributed by atoms with Crippen molar-refractivity contribution in [3.05, 3.63) is 28.8 Å². The van der Waals surface area contributed by atoms with Crippen LogP contribution in [-0.2, 0) is 19.1 Å². The number of piperidine rings is 1. The molecular formula is C22H28ClN3O5. The molecule has 3 rings (SSSR count). The summed E-state index contributed by atoms with van der Waals surface area (Å²) in [6.07, 6.45) is 2.28. The second kappa shape index (κ2) is 10.1. The van der Waals surface area contributed by atoms with Gasteiger partial charge in [0.05, 0.1) is 30.3 Å². The van der Waals surface area contributed by atoms with Gasteiger partial charge >= 0.3 is 5.97 Å². The number of esters is 1. The molecule has 2 heterocycles. The van der Waals surface area contributed by atoms with Gasteiger partial charge < -0.3 is 19.4 Å². The van der Waals surface area contributed by atoms with Gasteiger partial charge in [-0.2, -0.15) is 0 Å². The number of halogens is 1. The molecule has 2 saturated heterocycles. The molecule has 2 aliphatic rings. The minimum Gasteiger partial charge on any atom is -0.466 e. The average molecular weight is 450 g/mol. The first-order valence-electron chi connectivity index (χ1n) is 10.6. The fourth-order valence-corrected chi connectivity index (χ4v) is 4.18. The van der Waals surface area contributed by atoms with Crippen LogP contribution in [0.15, 0.2) is 18.2 Å². The highest BCUT2D eigenvalue weighted by atomic mass is 35.5. The largest absolute Gasteiger partial charge is 0.466 e. The van der Waals surface area contributed by atoms with E-state index in [4.69, 9.17) is 16.3 Å². The van der Waals surface area contributed by atoms with Crippen LogP contribution in [0.2, 0.25) is 5.02 Å². The first kappa shape index (κ1) is 23.1. The lowest BCUT2D eigenvalue weighted by Gasteiger charge is -2.32. The van der Waals surface area contributed by atoms with Gasteiger partial charge in [0, 0.05) is 38.1 Å². The predicted molar refractivity (Wildman–Crippen MR) is 116 cm³/mol. The molecule has 8 nitrogen and oxygen atoms in total. The Kier molecular flexibility index (Phi) is 7.54. The third-order valence-electron chi connectivity index (χ3n) is 5.74. The molecule has 1 aromatic rings. The molecule has 0 N–H and O–H groups in total. The molecule has 3 amide bonds. The SMILES string of the molecule is CCOC(=O)C1CCN(C(=O)CN(C)C(=O)c2ccc(Cl)cc2N2CCCC2=O)CC1. The normalized spacial score (nSPS) is 17.1. The summed E-state index contributed by atoms with van der Waals surface area (Å²) >= 11 is 6.11. The Labute approximate surface area is 187 Å². The molecule has 0 aliphatic carbocycles. The van der Waals surface area contributed by atoms with Crippen LogP contribution in [0.3, 0.4) is 0 Å². The number of ether oxygens (including phenoxy) is 1. The van der Waals surface area contributed by atoms with Gasteiger partial charge in [0.15, 0.2) is 0 Å². The molecule has 0 spiro atoms. The molecule has 0 atom stereocenters. The Hall–Kier alpha value is -2.61. The fraction of sp³-hybridized carbons (Fsp3) is 0.545. The molecule has 1 aromatic carbocycles. The number of rotatable bonds is 6. The number of nitrogens with zero attached hydrogens (tertiary/aromatic N) is 3. The van der Waals surface area contributed by atoms with Gasteiger partial charge in [-0.3, -0.25) is 19.2 Å². The van der Waals surface area contributed by atoms with Gasteiger partial charge in [-0.1, -0.05) is 11.6 Å². The minimum absolute atomic E-state index is 0.0421. The van der Waals surface area contributed by atoms with E-state index in [1.807, 2.05) is 0 Å². The molecule has 2 fully saturated rings. The quantitative estimate of drug-likeness (QED) is 0.622. The zero-order chi connectivity index (χ0) is 22.5. The molecule has 0 radical (unpaired) electrons. The predicted octanol–water partition coefficient (Wildman–Crippen LogP) is 2.34. The zero-order valence-electron chi connectivity index (χ0n) is 17.9. The number of carbonyl (C=O) groups is 4. The van der Waals surface area contributed by atoms with Crippen molar-refractivity contribution in [3.63, 3.8) is 0 Å². The highest BCUT2D eigenvalue weighted by Gasteiger charge is 2.31. The van der Waals surface area contributed by atoms with Crippen molar-refractivity contribution in [1.82, 2.24) is 9.80 Å². The lowest BCUT2D eigenvalue weighted by atomic mass is 9.97. The zero-order valence-corrected chi connectivity index (χ0v) is 18.7. The molecule has 0 aromatic heterocycles. The number of amides is 3. The highest BCUT2D eigenvalue weighted by molar-refractivity contribution is 6.31. The van der Waals surface area contributed by atoms with E-state index < -0.39 is 0 Å². The van der Waals surface area contributed by atoms with Crippen molar-refractivity contribution in [2.75, 3.05) is 44.7 Å². The molecular weight excluding hydrogens is 422 g/mol. The molecule has 31 heavy (non-hydrogen) atoms. The number of hydrogen-bond donors (Lipinski definition) is 0. The van der Waals surface area contributed by atoms with Gasteiger partial charge in [0.1, 0.15) is 0 Å². The smallest absolute Gasteiger partial charge is 0.309 e. The van der Waals surface area contributed by atoms with Crippen LogP contribution in [0.5, 0.6) is 0 Å². The van der Waals surface area contributed by atoms with Crippen molar-refractivity contribution >= 4 is 41.0 Å². The first-order valence-corrected chi connectivity index (χ1v) is 11.0. The third-order valence-corrected chi connectivity index (χ3v) is 5.98. The first-order chi connectivity index (χ1) is 14.8. The molecule has 0 unspecified atom stereocenters. The molecule has 168 valence electrons. The number of benzene rings is 1. The number of anilines is 1. The summed E-state index contributed by atoms with van der Waals surface area (Å²) in [5.41, 5.74) is 0.825. The van der Waals surface area contributed by atoms with E-state index >= 15 is 0 Å². The van der Waals surface area contributed by atoms with Crippen LogP contribution >= 0.6 is 11.6 Å². The van der Waals surface area contributed by atoms with Crippen molar-refractivity contribution in [2.45, 2.75) is 32.6 Å². The topological polar surface area (TPSA) is 87.2 Å². The number of carbonyl (C=O) groups excluding carboxylic acids is 4. The minimum atomic E-state index is -0.346. The van der Waals surface area contributed by atoms with Crippen molar-refractivity contribution in [1.29, 1.82) is 0 Å². The standard InChI is InChI=1S/C22H28ClN3O5/c1-3-31-22(30)15-8-11-25(12-9-15)20(28)14-24(2)21(29)17-7-6-16(23)13-18(17)26-10-4-5-19(26)27/h6-7,13,15H,3-5,8-12,14H2,1-2H3. The van der Waals surface area contributed by atoms with Gasteiger partial charge in [0.25, 0.3) is 5.91 Å². The molecule has 0 saturated carbocycles. The van der Waals surface area contributed by atoms with Gasteiger partial charge in [-0.25, -0.2) is 0 Å². The molecule has 9 heteroatoms. The van der Waals surface area contributed by atoms with E-state index in [2.05, 4.69) is 0 Å². The van der Waals surface area contributed by atoms with Crippen LogP contribution in [0.1, 0.15) is 43.0 Å². The van der Waals surface area contributed by atoms with E-state index in [1.165, 1.54) is 4.90 Å². The lowest BCUT2D eigenvalue weighted by Crippen LogP contribution is -2.45. The van der Waals surface area contributed by atoms with Crippen LogP contribution in [-0.4, -0.2) is 73.3 Å². The van der Waals surface area contributed by atoms with E-state index in [9.17, 15) is 19.2 Å². The molecule has 2 aliphatic heterocycles. The summed E-state index contributed by atoms with van der Waals surface area (Å²) in [5.74, 6) is -0.960. The van der Waals surface area contributed by atoms with Gasteiger partial charge in [-0.05, 0) is 44.4 Å². The number of likely N-dealkylation sites (tertiary alicyclic amines) is 1. The van der Waals surface area contributed by atoms with E-state index in [-0.39, 0.29) is 36.2 Å². The van der Waals surface area contributed by atoms with Crippen LogP contribution in [0, 0.1) is 5.92 Å². The van der Waals surface area contributed by atoms with Crippen molar-refractivity contribution in [2.24, 2.45) is 5.92 Å². The average Bonchev–Trinajstić information content (AvgIpc) is 3.19. The van der Waals surface area contributed by atoms with Crippen LogP contribution < -0.4 is 4.90 Å². The highest BCUT2D eigenvalue weighted by Crippen LogP contribution is 2.29. The summed E-state index contributed by atoms with van der Waals surface area (Å²) in [7, 11) is 1.57. The summed E-state index contributed by atoms with van der Waals surface area (Å²) < 4.78 is 5.06. The maximum Gasteiger partial charge on any atom is 0.309 e. The number of hydrogen-bond acceptors (Lipinski definition) is 5. The Balaban J connectivity index is 1.63. The van der Waals surface area contributed by atoms with Crippen LogP contribution in [0.25, 0.3) is 0 Å². The van der Waals surface area contributed by atoms with Crippen molar-refractivity contribution in [3.8, 4) is 0 Å². The second-order valence-electron chi connectivity index (χ2n) is 7.88. The Morgan fingerprint density at radius 2 is 1.90 bits per heavy atom. The van der Waals surface area contributed by atoms with E-state index in [1.54, 1.807) is 42.0 Å². The van der Waals surface area contributed by atoms with Crippen LogP contribution in [0.4, 0.5) is 5.69 Å². The van der Waals surface area contributed by atoms with Crippen molar-refractivity contribution < 1.29 is 23.9 Å². The third kappa shape index (κ3) is 5.36. The van der Waals surface area contributed by atoms with E-state index in [0.29, 0.717) is 61.8 Å². The Morgan fingerprint density at radius 3 is 2.52 bits per heavy atom. The Morgan fingerprint density at radius 1 is 1.19 bits per heavy atom. The van der Waals surface area contributed by atoms with Gasteiger partial charge in [0.2, 0.25) is 11.8 Å². The summed E-state index contributed by atoms with van der Waals surface area (Å²) in [4.78, 5) is 54.5. The maximum absolute atomic E-state index is 13.1. The maximum atomic E-state index is 13.1.